The van der Waals surface area contributed by atoms with E-state index < -0.39 is 5.91 Å². The first-order chi connectivity index (χ1) is 11.0. The predicted molar refractivity (Wildman–Crippen MR) is 93.5 cm³/mol. The number of nitrogens with zero attached hydrogens (tertiary/aromatic N) is 3. The molecule has 0 fully saturated rings. The van der Waals surface area contributed by atoms with Gasteiger partial charge < -0.3 is 16.0 Å². The standard InChI is InChI=1S/C16H21N5OS/c1-11-20-14(10-23-11)9-21(3)16(18-2)19-8-12-4-6-13(7-5-12)15(17)22/h4-7,10H,8-9H2,1-3H3,(H2,17,22)(H,18,19). The number of amides is 1. The van der Waals surface area contributed by atoms with Crippen LogP contribution in [0, 0.1) is 6.92 Å². The van der Waals surface area contributed by atoms with Gasteiger partial charge in [-0.15, -0.1) is 11.3 Å². The number of aryl methyl sites for hydroxylation is 1. The second kappa shape index (κ2) is 7.73. The van der Waals surface area contributed by atoms with E-state index in [0.29, 0.717) is 18.7 Å². The molecular weight excluding hydrogens is 310 g/mol. The van der Waals surface area contributed by atoms with Crippen molar-refractivity contribution in [1.29, 1.82) is 0 Å². The molecule has 3 N–H and O–H groups in total. The number of nitrogens with two attached hydrogens (primary N) is 1. The van der Waals surface area contributed by atoms with Crippen molar-refractivity contribution in [3.8, 4) is 0 Å². The Morgan fingerprint density at radius 1 is 1.39 bits per heavy atom. The van der Waals surface area contributed by atoms with Crippen LogP contribution in [0.1, 0.15) is 26.6 Å². The highest BCUT2D eigenvalue weighted by molar-refractivity contribution is 7.09. The summed E-state index contributed by atoms with van der Waals surface area (Å²) in [7, 11) is 3.72. The van der Waals surface area contributed by atoms with E-state index in [1.165, 1.54) is 0 Å². The molecule has 1 heterocycles. The maximum atomic E-state index is 11.1. The van der Waals surface area contributed by atoms with Gasteiger partial charge >= 0.3 is 0 Å². The first-order valence-electron chi connectivity index (χ1n) is 7.21. The number of aromatic nitrogens is 1. The van der Waals surface area contributed by atoms with Crippen molar-refractivity contribution < 1.29 is 4.79 Å². The number of nitrogens with one attached hydrogen (secondary N) is 1. The number of primary amides is 1. The lowest BCUT2D eigenvalue weighted by Gasteiger charge is -2.21. The van der Waals surface area contributed by atoms with Crippen molar-refractivity contribution in [2.75, 3.05) is 14.1 Å². The monoisotopic (exact) mass is 331 g/mol. The summed E-state index contributed by atoms with van der Waals surface area (Å²) >= 11 is 1.64. The molecule has 0 spiro atoms. The summed E-state index contributed by atoms with van der Waals surface area (Å²) in [5, 5.41) is 6.41. The lowest BCUT2D eigenvalue weighted by atomic mass is 10.1. The first kappa shape index (κ1) is 17.0. The van der Waals surface area contributed by atoms with Crippen LogP contribution in [0.25, 0.3) is 0 Å². The van der Waals surface area contributed by atoms with Crippen LogP contribution in [0.5, 0.6) is 0 Å². The molecule has 0 aliphatic carbocycles. The molecule has 0 atom stereocenters. The average molecular weight is 331 g/mol. The van der Waals surface area contributed by atoms with Crippen LogP contribution in [0.15, 0.2) is 34.6 Å². The Hall–Kier alpha value is -2.41. The van der Waals surface area contributed by atoms with Gasteiger partial charge in [0.25, 0.3) is 0 Å². The van der Waals surface area contributed by atoms with E-state index in [2.05, 4.69) is 20.7 Å². The molecule has 0 aliphatic heterocycles. The van der Waals surface area contributed by atoms with E-state index in [1.807, 2.05) is 31.0 Å². The van der Waals surface area contributed by atoms with Crippen LogP contribution in [0.2, 0.25) is 0 Å². The minimum absolute atomic E-state index is 0.418. The fourth-order valence-electron chi connectivity index (χ4n) is 2.15. The molecule has 23 heavy (non-hydrogen) atoms. The van der Waals surface area contributed by atoms with Gasteiger partial charge in [0.2, 0.25) is 5.91 Å². The number of hydrogen-bond acceptors (Lipinski definition) is 4. The van der Waals surface area contributed by atoms with E-state index in [0.717, 1.165) is 22.2 Å². The Bertz CT molecular complexity index is 693. The molecule has 0 saturated carbocycles. The lowest BCUT2D eigenvalue weighted by Crippen LogP contribution is -2.38. The quantitative estimate of drug-likeness (QED) is 0.646. The zero-order valence-electron chi connectivity index (χ0n) is 13.5. The second-order valence-corrected chi connectivity index (χ2v) is 6.24. The van der Waals surface area contributed by atoms with Crippen LogP contribution >= 0.6 is 11.3 Å². The SMILES string of the molecule is CN=C(NCc1ccc(C(N)=O)cc1)N(C)Cc1csc(C)n1. The molecule has 0 aliphatic rings. The van der Waals surface area contributed by atoms with Crippen molar-refractivity contribution in [1.82, 2.24) is 15.2 Å². The van der Waals surface area contributed by atoms with E-state index in [1.54, 1.807) is 30.5 Å². The van der Waals surface area contributed by atoms with Gasteiger partial charge in [-0.2, -0.15) is 0 Å². The largest absolute Gasteiger partial charge is 0.366 e. The van der Waals surface area contributed by atoms with Crippen LogP contribution < -0.4 is 11.1 Å². The predicted octanol–water partition coefficient (Wildman–Crippen LogP) is 1.76. The number of guanidine groups is 1. The number of thiazole rings is 1. The maximum absolute atomic E-state index is 11.1. The minimum Gasteiger partial charge on any atom is -0.366 e. The van der Waals surface area contributed by atoms with Gasteiger partial charge in [0.1, 0.15) is 0 Å². The Balaban J connectivity index is 1.92. The Morgan fingerprint density at radius 2 is 2.09 bits per heavy atom. The van der Waals surface area contributed by atoms with E-state index in [4.69, 9.17) is 5.73 Å². The van der Waals surface area contributed by atoms with Gasteiger partial charge in [0.05, 0.1) is 17.2 Å². The molecule has 122 valence electrons. The third-order valence-electron chi connectivity index (χ3n) is 3.33. The highest BCUT2D eigenvalue weighted by Gasteiger charge is 2.08. The molecule has 0 unspecified atom stereocenters. The van der Waals surface area contributed by atoms with E-state index in [9.17, 15) is 4.79 Å². The number of aliphatic imine (C=N–C) groups is 1. The molecule has 1 aromatic heterocycles. The number of carbonyl (C=O) groups is 1. The topological polar surface area (TPSA) is 83.6 Å². The summed E-state index contributed by atoms with van der Waals surface area (Å²) in [6.45, 7) is 3.31. The highest BCUT2D eigenvalue weighted by Crippen LogP contribution is 2.10. The van der Waals surface area contributed by atoms with E-state index >= 15 is 0 Å². The van der Waals surface area contributed by atoms with E-state index in [-0.39, 0.29) is 0 Å². The summed E-state index contributed by atoms with van der Waals surface area (Å²) in [6.07, 6.45) is 0. The summed E-state index contributed by atoms with van der Waals surface area (Å²) < 4.78 is 0. The Labute approximate surface area is 140 Å². The molecule has 1 aromatic carbocycles. The molecule has 1 amide bonds. The van der Waals surface area contributed by atoms with Crippen molar-refractivity contribution in [3.05, 3.63) is 51.5 Å². The molecule has 7 heteroatoms. The van der Waals surface area contributed by atoms with Gasteiger partial charge in [-0.05, 0) is 24.6 Å². The second-order valence-electron chi connectivity index (χ2n) is 5.18. The van der Waals surface area contributed by atoms with Gasteiger partial charge in [-0.3, -0.25) is 9.79 Å². The minimum atomic E-state index is -0.418. The Kier molecular flexibility index (Phi) is 5.70. The van der Waals surface area contributed by atoms with Crippen LogP contribution in [-0.2, 0) is 13.1 Å². The van der Waals surface area contributed by atoms with Gasteiger partial charge in [-0.1, -0.05) is 12.1 Å². The number of carbonyl (C=O) groups excluding carboxylic acids is 1. The normalized spacial score (nSPS) is 11.3. The number of hydrogen-bond donors (Lipinski definition) is 2. The number of rotatable bonds is 5. The third kappa shape index (κ3) is 4.79. The molecule has 2 rings (SSSR count). The zero-order valence-corrected chi connectivity index (χ0v) is 14.4. The number of benzene rings is 1. The molecule has 0 saturated heterocycles. The summed E-state index contributed by atoms with van der Waals surface area (Å²) in [4.78, 5) is 21.8. The van der Waals surface area contributed by atoms with Crippen molar-refractivity contribution in [2.24, 2.45) is 10.7 Å². The molecule has 0 radical (unpaired) electrons. The average Bonchev–Trinajstić information content (AvgIpc) is 2.93. The maximum Gasteiger partial charge on any atom is 0.248 e. The summed E-state index contributed by atoms with van der Waals surface area (Å²) in [5.41, 5.74) is 7.83. The van der Waals surface area contributed by atoms with Crippen molar-refractivity contribution in [3.63, 3.8) is 0 Å². The van der Waals surface area contributed by atoms with Gasteiger partial charge in [0, 0.05) is 31.6 Å². The Morgan fingerprint density at radius 3 is 2.61 bits per heavy atom. The first-order valence-corrected chi connectivity index (χ1v) is 8.09. The summed E-state index contributed by atoms with van der Waals surface area (Å²) in [5.74, 6) is 0.369. The van der Waals surface area contributed by atoms with Crippen LogP contribution in [0.4, 0.5) is 0 Å². The fraction of sp³-hybridized carbons (Fsp3) is 0.312. The molecule has 6 nitrogen and oxygen atoms in total. The van der Waals surface area contributed by atoms with Gasteiger partial charge in [0.15, 0.2) is 5.96 Å². The highest BCUT2D eigenvalue weighted by atomic mass is 32.1. The zero-order chi connectivity index (χ0) is 16.8. The van der Waals surface area contributed by atoms with Crippen LogP contribution in [-0.4, -0.2) is 35.8 Å². The molecule has 2 aromatic rings. The molecular formula is C16H21N5OS. The third-order valence-corrected chi connectivity index (χ3v) is 4.15. The smallest absolute Gasteiger partial charge is 0.248 e. The lowest BCUT2D eigenvalue weighted by molar-refractivity contribution is 0.100. The van der Waals surface area contributed by atoms with Gasteiger partial charge in [-0.25, -0.2) is 4.98 Å². The molecule has 0 bridgehead atoms. The fourth-order valence-corrected chi connectivity index (χ4v) is 2.76. The summed E-state index contributed by atoms with van der Waals surface area (Å²) in [6, 6.07) is 7.21. The van der Waals surface area contributed by atoms with Crippen molar-refractivity contribution >= 4 is 23.2 Å². The van der Waals surface area contributed by atoms with Crippen LogP contribution in [0.3, 0.4) is 0 Å². The van der Waals surface area contributed by atoms with Crippen molar-refractivity contribution in [2.45, 2.75) is 20.0 Å².